The Balaban J connectivity index is 2.88. The number of hydrogen-bond acceptors (Lipinski definition) is 1. The third-order valence-electron chi connectivity index (χ3n) is 0.157. The van der Waals surface area contributed by atoms with Crippen molar-refractivity contribution in [3.05, 3.63) is 0 Å². The molecule has 34 valence electrons. The molecule has 0 atom stereocenters. The normalized spacial score (nSPS) is 7.67. The minimum Gasteiger partial charge on any atom is -0.537 e. The van der Waals surface area contributed by atoms with Crippen LogP contribution in [0.2, 0.25) is 0 Å². The Labute approximate surface area is 49.6 Å². The average Bonchev–Trinajstić information content (AvgIpc) is 1.35. The van der Waals surface area contributed by atoms with Crippen molar-refractivity contribution in [2.45, 2.75) is 0 Å². The zero-order chi connectivity index (χ0) is 4.99. The zero-order valence-corrected chi connectivity index (χ0v) is 6.49. The van der Waals surface area contributed by atoms with Crippen molar-refractivity contribution in [1.29, 1.82) is 0 Å². The van der Waals surface area contributed by atoms with E-state index in [4.69, 9.17) is 28.2 Å². The van der Waals surface area contributed by atoms with Crippen LogP contribution < -0.4 is 0 Å². The van der Waals surface area contributed by atoms with Crippen LogP contribution in [-0.2, 0) is 4.12 Å². The molecule has 0 N–H and O–H groups in total. The molecule has 0 aliphatic rings. The van der Waals surface area contributed by atoms with Gasteiger partial charge < -0.3 is 4.12 Å². The highest BCUT2D eigenvalue weighted by molar-refractivity contribution is 7.31. The minimum atomic E-state index is -1.84. The van der Waals surface area contributed by atoms with Gasteiger partial charge in [0, 0.05) is 0 Å². The van der Waals surface area contributed by atoms with Gasteiger partial charge in [-0.1, -0.05) is 0 Å². The lowest BCUT2D eigenvalue weighted by atomic mass is 12.0. The molecule has 0 aromatic carbocycles. The fourth-order valence-corrected chi connectivity index (χ4v) is 1.39. The van der Waals surface area contributed by atoms with E-state index in [0.717, 1.165) is 0 Å². The van der Waals surface area contributed by atoms with E-state index in [-0.39, 0.29) is 9.20 Å². The van der Waals surface area contributed by atoms with Gasteiger partial charge >= 0.3 is 7.66 Å². The largest absolute Gasteiger partial charge is 0.537 e. The van der Waals surface area contributed by atoms with Crippen molar-refractivity contribution in [2.24, 2.45) is 0 Å². The van der Waals surface area contributed by atoms with E-state index >= 15 is 0 Å². The summed E-state index contributed by atoms with van der Waals surface area (Å²) in [4.78, 5) is 0. The van der Waals surface area contributed by atoms with Crippen molar-refractivity contribution in [1.82, 2.24) is 0 Å². The molecular weight excluding hydrogens is 155 g/mol. The second-order valence-electron chi connectivity index (χ2n) is 0.496. The lowest BCUT2D eigenvalue weighted by Gasteiger charge is -1.89. The van der Waals surface area contributed by atoms with E-state index in [1.807, 2.05) is 0 Å². The summed E-state index contributed by atoms with van der Waals surface area (Å²) in [5.41, 5.74) is 0. The van der Waals surface area contributed by atoms with Crippen LogP contribution >= 0.6 is 22.2 Å². The van der Waals surface area contributed by atoms with E-state index in [1.165, 1.54) is 0 Å². The lowest BCUT2D eigenvalue weighted by Crippen LogP contribution is -1.97. The molecular formula is CH2Cl2OSi2. The summed E-state index contributed by atoms with van der Waals surface area (Å²) in [7, 11) is -1.90. The molecule has 0 amide bonds. The number of rotatable bonds is 1. The molecule has 0 saturated carbocycles. The summed E-state index contributed by atoms with van der Waals surface area (Å²) < 4.78 is 4.52. The first kappa shape index (κ1) is 6.59. The third kappa shape index (κ3) is 4.59. The van der Waals surface area contributed by atoms with Crippen molar-refractivity contribution in [3.8, 4) is 6.00 Å². The molecule has 0 unspecified atom stereocenters. The molecule has 0 saturated heterocycles. The van der Waals surface area contributed by atoms with E-state index in [2.05, 4.69) is 4.12 Å². The van der Waals surface area contributed by atoms with Gasteiger partial charge in [-0.3, -0.25) is 0 Å². The summed E-state index contributed by atoms with van der Waals surface area (Å²) in [6.07, 6.45) is 0. The Morgan fingerprint density at radius 3 is 2.17 bits per heavy atom. The van der Waals surface area contributed by atoms with Gasteiger partial charge in [0.05, 0.1) is 0 Å². The average molecular weight is 157 g/mol. The summed E-state index contributed by atoms with van der Waals surface area (Å²) >= 11 is 10.4. The Bertz CT molecular complexity index is 66.4. The van der Waals surface area contributed by atoms with E-state index in [9.17, 15) is 0 Å². The monoisotopic (exact) mass is 156 g/mol. The lowest BCUT2D eigenvalue weighted by molar-refractivity contribution is 0.672. The minimum absolute atomic E-state index is 0.0640. The van der Waals surface area contributed by atoms with Gasteiger partial charge in [-0.05, 0) is 0 Å². The molecule has 0 aromatic rings. The van der Waals surface area contributed by atoms with Crippen LogP contribution in [0, 0.1) is 6.00 Å². The SMILES string of the molecule is C#[Si]O[SiH](Cl)Cl. The maximum Gasteiger partial charge on any atom is 0.428 e. The first-order valence-electron chi connectivity index (χ1n) is 1.16. The fraction of sp³-hybridized carbons (Fsp3) is 0. The molecule has 0 aliphatic heterocycles. The molecule has 0 fully saturated rings. The smallest absolute Gasteiger partial charge is 0.428 e. The zero-order valence-electron chi connectivity index (χ0n) is 2.82. The van der Waals surface area contributed by atoms with Crippen LogP contribution in [0.25, 0.3) is 0 Å². The quantitative estimate of drug-likeness (QED) is 0.395. The van der Waals surface area contributed by atoms with E-state index in [1.54, 1.807) is 0 Å². The number of halogens is 2. The Kier molecular flexibility index (Phi) is 4.15. The van der Waals surface area contributed by atoms with Crippen molar-refractivity contribution >= 4 is 39.0 Å². The summed E-state index contributed by atoms with van der Waals surface area (Å²) in [5, 5.41) is 0. The molecule has 0 rings (SSSR count). The van der Waals surface area contributed by atoms with Crippen molar-refractivity contribution in [3.63, 3.8) is 0 Å². The van der Waals surface area contributed by atoms with Gasteiger partial charge in [-0.25, -0.2) is 0 Å². The molecule has 5 heteroatoms. The van der Waals surface area contributed by atoms with Gasteiger partial charge in [0.15, 0.2) is 0 Å². The first-order chi connectivity index (χ1) is 2.77. The highest BCUT2D eigenvalue weighted by Gasteiger charge is 1.95. The van der Waals surface area contributed by atoms with Crippen LogP contribution in [0.5, 0.6) is 0 Å². The molecule has 0 aromatic heterocycles. The molecule has 0 aliphatic carbocycles. The van der Waals surface area contributed by atoms with Crippen LogP contribution in [0.1, 0.15) is 0 Å². The summed E-state index contributed by atoms with van der Waals surface area (Å²) in [5.74, 6) is 0. The molecule has 6 heavy (non-hydrogen) atoms. The highest BCUT2D eigenvalue weighted by atomic mass is 35.7. The highest BCUT2D eigenvalue weighted by Crippen LogP contribution is 1.92. The van der Waals surface area contributed by atoms with Crippen LogP contribution in [0.15, 0.2) is 0 Å². The predicted octanol–water partition coefficient (Wildman–Crippen LogP) is 0.406. The van der Waals surface area contributed by atoms with Crippen LogP contribution in [0.4, 0.5) is 0 Å². The van der Waals surface area contributed by atoms with Gasteiger partial charge in [-0.2, -0.15) is 0 Å². The summed E-state index contributed by atoms with van der Waals surface area (Å²) in [6.45, 7) is 0. The van der Waals surface area contributed by atoms with Crippen LogP contribution in [0.3, 0.4) is 0 Å². The number of hydrogen-bond donors (Lipinski definition) is 0. The molecule has 0 bridgehead atoms. The maximum atomic E-state index is 5.19. The standard InChI is InChI=1S/CH2Cl2OSi2/c1-5-4-6(2)3/h1,6H. The molecule has 0 radical (unpaired) electrons. The van der Waals surface area contributed by atoms with Gasteiger partial charge in [0.2, 0.25) is 9.20 Å². The molecule has 1 nitrogen and oxygen atoms in total. The first-order valence-corrected chi connectivity index (χ1v) is 6.11. The Hall–Kier alpha value is 0.594. The predicted molar refractivity (Wildman–Crippen MR) is 30.6 cm³/mol. The van der Waals surface area contributed by atoms with Gasteiger partial charge in [0.25, 0.3) is 0 Å². The van der Waals surface area contributed by atoms with Gasteiger partial charge in [0.1, 0.15) is 0 Å². The topological polar surface area (TPSA) is 9.23 Å². The second kappa shape index (κ2) is 3.77. The van der Waals surface area contributed by atoms with Gasteiger partial charge in [-0.15, -0.1) is 28.2 Å². The summed E-state index contributed by atoms with van der Waals surface area (Å²) in [6, 6.07) is 4.90. The van der Waals surface area contributed by atoms with Crippen LogP contribution in [-0.4, -0.2) is 16.9 Å². The maximum absolute atomic E-state index is 5.19. The second-order valence-corrected chi connectivity index (χ2v) is 5.24. The van der Waals surface area contributed by atoms with Crippen molar-refractivity contribution in [2.75, 3.05) is 0 Å². The van der Waals surface area contributed by atoms with E-state index in [0.29, 0.717) is 0 Å². The Morgan fingerprint density at radius 2 is 2.17 bits per heavy atom. The fourth-order valence-electron chi connectivity index (χ4n) is 0.0514. The van der Waals surface area contributed by atoms with E-state index < -0.39 is 7.66 Å². The Morgan fingerprint density at radius 1 is 1.67 bits per heavy atom. The third-order valence-corrected chi connectivity index (χ3v) is 3.02. The molecule has 0 spiro atoms. The van der Waals surface area contributed by atoms with Crippen molar-refractivity contribution < 1.29 is 4.12 Å². The molecule has 0 heterocycles.